The number of carbonyl (C=O) groups excluding carboxylic acids is 2. The molecule has 0 saturated heterocycles. The molecule has 1 amide bonds. The minimum atomic E-state index is -0.569. The van der Waals surface area contributed by atoms with Crippen molar-refractivity contribution in [3.63, 3.8) is 0 Å². The smallest absolute Gasteiger partial charge is 0.323 e. The molecule has 3 aromatic carbocycles. The fourth-order valence-electron chi connectivity index (χ4n) is 3.55. The number of benzene rings is 3. The lowest BCUT2D eigenvalue weighted by atomic mass is 9.91. The van der Waals surface area contributed by atoms with E-state index in [1.165, 1.54) is 12.3 Å². The van der Waals surface area contributed by atoms with Gasteiger partial charge in [-0.3, -0.25) is 9.59 Å². The number of ether oxygens (including phenoxy) is 1. The van der Waals surface area contributed by atoms with Crippen LogP contribution in [0.1, 0.15) is 28.4 Å². The van der Waals surface area contributed by atoms with Gasteiger partial charge in [0.05, 0.1) is 12.8 Å². The van der Waals surface area contributed by atoms with Crippen LogP contribution in [0.15, 0.2) is 113 Å². The summed E-state index contributed by atoms with van der Waals surface area (Å²) in [5.74, 6) is -0.524. The lowest BCUT2D eigenvalue weighted by molar-refractivity contribution is -0.135. The van der Waals surface area contributed by atoms with Crippen LogP contribution in [0.5, 0.6) is 5.75 Å². The first kappa shape index (κ1) is 23.3. The summed E-state index contributed by atoms with van der Waals surface area (Å²) < 4.78 is 10.9. The van der Waals surface area contributed by atoms with Crippen molar-refractivity contribution >= 4 is 18.0 Å². The Morgan fingerprint density at radius 3 is 2.06 bits per heavy atom. The minimum Gasteiger partial charge on any atom is -0.467 e. The van der Waals surface area contributed by atoms with Gasteiger partial charge >= 0.3 is 5.97 Å². The van der Waals surface area contributed by atoms with Crippen molar-refractivity contribution in [2.75, 3.05) is 0 Å². The molecule has 0 spiro atoms. The fraction of sp³-hybridized carbons (Fsp3) is 0.0690. The van der Waals surface area contributed by atoms with Gasteiger partial charge in [0, 0.05) is 0 Å². The molecule has 0 unspecified atom stereocenters. The molecule has 0 bridgehead atoms. The standard InChI is InChI=1S/C29H22N2O4/c30-19-24(28(32)31-20-26-12-7-17-34-26)18-21-13-15-25(16-14-21)35-29(33)27(22-8-3-1-4-9-22)23-10-5-2-6-11-23/h1-18,27H,20H2,(H,31,32). The average molecular weight is 463 g/mol. The molecule has 0 fully saturated rings. The molecule has 0 atom stereocenters. The molecule has 0 radical (unpaired) electrons. The molecule has 1 N–H and O–H groups in total. The van der Waals surface area contributed by atoms with Crippen molar-refractivity contribution in [2.45, 2.75) is 12.5 Å². The molecule has 0 saturated carbocycles. The Balaban J connectivity index is 1.46. The monoisotopic (exact) mass is 462 g/mol. The van der Waals surface area contributed by atoms with Gasteiger partial charge < -0.3 is 14.5 Å². The first-order chi connectivity index (χ1) is 17.1. The second kappa shape index (κ2) is 11.3. The molecular formula is C29H22N2O4. The third-order valence-corrected chi connectivity index (χ3v) is 5.28. The Hall–Kier alpha value is -4.89. The molecule has 1 aromatic heterocycles. The van der Waals surface area contributed by atoms with E-state index in [1.807, 2.05) is 66.7 Å². The Morgan fingerprint density at radius 1 is 0.886 bits per heavy atom. The van der Waals surface area contributed by atoms with Gasteiger partial charge in [0.1, 0.15) is 29.1 Å². The van der Waals surface area contributed by atoms with Crippen molar-refractivity contribution in [3.8, 4) is 11.8 Å². The van der Waals surface area contributed by atoms with Crippen molar-refractivity contribution in [1.29, 1.82) is 5.26 Å². The minimum absolute atomic E-state index is 0.0467. The lowest BCUT2D eigenvalue weighted by Gasteiger charge is -2.17. The van der Waals surface area contributed by atoms with Crippen LogP contribution in [-0.4, -0.2) is 11.9 Å². The number of nitrogens with one attached hydrogen (secondary N) is 1. The van der Waals surface area contributed by atoms with Crippen LogP contribution in [0.4, 0.5) is 0 Å². The highest BCUT2D eigenvalue weighted by Crippen LogP contribution is 2.27. The predicted octanol–water partition coefficient (Wildman–Crippen LogP) is 5.24. The average Bonchev–Trinajstić information content (AvgIpc) is 3.42. The number of hydrogen-bond acceptors (Lipinski definition) is 5. The zero-order valence-electron chi connectivity index (χ0n) is 18.8. The molecular weight excluding hydrogens is 440 g/mol. The number of rotatable bonds is 8. The first-order valence-electron chi connectivity index (χ1n) is 11.0. The van der Waals surface area contributed by atoms with Crippen LogP contribution in [0.2, 0.25) is 0 Å². The highest BCUT2D eigenvalue weighted by atomic mass is 16.5. The number of nitrogens with zero attached hydrogens (tertiary/aromatic N) is 1. The largest absolute Gasteiger partial charge is 0.467 e. The Bertz CT molecular complexity index is 1300. The van der Waals surface area contributed by atoms with Crippen LogP contribution >= 0.6 is 0 Å². The summed E-state index contributed by atoms with van der Waals surface area (Å²) in [6.07, 6.45) is 2.98. The zero-order valence-corrected chi connectivity index (χ0v) is 18.8. The lowest BCUT2D eigenvalue weighted by Crippen LogP contribution is -2.23. The number of nitriles is 1. The van der Waals surface area contributed by atoms with Crippen molar-refractivity contribution in [2.24, 2.45) is 0 Å². The fourth-order valence-corrected chi connectivity index (χ4v) is 3.55. The summed E-state index contributed by atoms with van der Waals surface area (Å²) in [5, 5.41) is 12.0. The molecule has 6 nitrogen and oxygen atoms in total. The molecule has 35 heavy (non-hydrogen) atoms. The third-order valence-electron chi connectivity index (χ3n) is 5.28. The number of hydrogen-bond donors (Lipinski definition) is 1. The normalized spacial score (nSPS) is 11.0. The van der Waals surface area contributed by atoms with Crippen molar-refractivity contribution in [1.82, 2.24) is 5.32 Å². The summed E-state index contributed by atoms with van der Waals surface area (Å²) in [4.78, 5) is 25.5. The van der Waals surface area contributed by atoms with E-state index >= 15 is 0 Å². The van der Waals surface area contributed by atoms with E-state index in [9.17, 15) is 14.9 Å². The summed E-state index contributed by atoms with van der Waals surface area (Å²) in [6.45, 7) is 0.184. The summed E-state index contributed by atoms with van der Waals surface area (Å²) >= 11 is 0. The highest BCUT2D eigenvalue weighted by Gasteiger charge is 2.24. The molecule has 0 aliphatic rings. The third kappa shape index (κ3) is 6.12. The van der Waals surface area contributed by atoms with Gasteiger partial charge in [-0.25, -0.2) is 0 Å². The van der Waals surface area contributed by atoms with Crippen LogP contribution in [-0.2, 0) is 16.1 Å². The number of amides is 1. The van der Waals surface area contributed by atoms with Crippen LogP contribution in [0, 0.1) is 11.3 Å². The van der Waals surface area contributed by atoms with Crippen molar-refractivity contribution in [3.05, 3.63) is 131 Å². The maximum atomic E-state index is 13.1. The van der Waals surface area contributed by atoms with Crippen LogP contribution < -0.4 is 10.1 Å². The van der Waals surface area contributed by atoms with Gasteiger partial charge in [-0.1, -0.05) is 72.8 Å². The van der Waals surface area contributed by atoms with E-state index in [2.05, 4.69) is 5.32 Å². The Morgan fingerprint density at radius 2 is 1.51 bits per heavy atom. The van der Waals surface area contributed by atoms with Gasteiger partial charge in [-0.05, 0) is 47.0 Å². The zero-order chi connectivity index (χ0) is 24.5. The van der Waals surface area contributed by atoms with E-state index in [1.54, 1.807) is 36.4 Å². The van der Waals surface area contributed by atoms with E-state index < -0.39 is 17.8 Å². The molecule has 1 heterocycles. The van der Waals surface area contributed by atoms with E-state index in [0.29, 0.717) is 17.1 Å². The maximum absolute atomic E-state index is 13.1. The topological polar surface area (TPSA) is 92.3 Å². The summed E-state index contributed by atoms with van der Waals surface area (Å²) in [6, 6.07) is 30.9. The SMILES string of the molecule is N#CC(=Cc1ccc(OC(=O)C(c2ccccc2)c2ccccc2)cc1)C(=O)NCc1ccco1. The quantitative estimate of drug-likeness (QED) is 0.167. The molecule has 6 heteroatoms. The summed E-state index contributed by atoms with van der Waals surface area (Å²) in [7, 11) is 0. The van der Waals surface area contributed by atoms with Gasteiger partial charge in [-0.2, -0.15) is 5.26 Å². The van der Waals surface area contributed by atoms with E-state index in [0.717, 1.165) is 11.1 Å². The van der Waals surface area contributed by atoms with E-state index in [4.69, 9.17) is 9.15 Å². The van der Waals surface area contributed by atoms with E-state index in [-0.39, 0.29) is 12.1 Å². The Kier molecular flexibility index (Phi) is 7.52. The van der Waals surface area contributed by atoms with Crippen molar-refractivity contribution < 1.29 is 18.7 Å². The van der Waals surface area contributed by atoms with Crippen LogP contribution in [0.3, 0.4) is 0 Å². The molecule has 172 valence electrons. The highest BCUT2D eigenvalue weighted by molar-refractivity contribution is 6.01. The van der Waals surface area contributed by atoms with Crippen LogP contribution in [0.25, 0.3) is 6.08 Å². The predicted molar refractivity (Wildman–Crippen MR) is 131 cm³/mol. The van der Waals surface area contributed by atoms with Gasteiger partial charge in [0.15, 0.2) is 0 Å². The molecule has 4 aromatic rings. The van der Waals surface area contributed by atoms with Gasteiger partial charge in [-0.15, -0.1) is 0 Å². The second-order valence-corrected chi connectivity index (χ2v) is 7.68. The molecule has 0 aliphatic heterocycles. The maximum Gasteiger partial charge on any atom is 0.323 e. The number of furan rings is 1. The molecule has 0 aliphatic carbocycles. The van der Waals surface area contributed by atoms with Gasteiger partial charge in [0.2, 0.25) is 0 Å². The summed E-state index contributed by atoms with van der Waals surface area (Å²) in [5.41, 5.74) is 2.25. The van der Waals surface area contributed by atoms with Gasteiger partial charge in [0.25, 0.3) is 5.91 Å². The Labute approximate surface area is 203 Å². The molecule has 4 rings (SSSR count). The first-order valence-corrected chi connectivity index (χ1v) is 11.0. The number of esters is 1. The second-order valence-electron chi connectivity index (χ2n) is 7.68. The number of carbonyl (C=O) groups is 2.